The van der Waals surface area contributed by atoms with E-state index in [1.807, 2.05) is 6.92 Å². The van der Waals surface area contributed by atoms with Crippen molar-refractivity contribution in [3.05, 3.63) is 88.7 Å². The highest BCUT2D eigenvalue weighted by Crippen LogP contribution is 2.36. The number of aliphatic hydroxyl groups is 1. The zero-order valence-electron chi connectivity index (χ0n) is 19.8. The van der Waals surface area contributed by atoms with Crippen molar-refractivity contribution >= 4 is 0 Å². The van der Waals surface area contributed by atoms with Gasteiger partial charge in [-0.1, -0.05) is 55.8 Å². The predicted molar refractivity (Wildman–Crippen MR) is 130 cm³/mol. The highest BCUT2D eigenvalue weighted by molar-refractivity contribution is 5.65. The fraction of sp³-hybridized carbons (Fsp3) is 0.379. The number of rotatable bonds is 8. The first-order valence-corrected chi connectivity index (χ1v) is 12.2. The lowest BCUT2D eigenvalue weighted by molar-refractivity contribution is 0.0119. The Balaban J connectivity index is 1.35. The van der Waals surface area contributed by atoms with Gasteiger partial charge in [0.1, 0.15) is 0 Å². The van der Waals surface area contributed by atoms with Crippen LogP contribution in [0.25, 0.3) is 11.1 Å². The van der Waals surface area contributed by atoms with Crippen LogP contribution in [0, 0.1) is 17.5 Å². The molecule has 4 rings (SSSR count). The Morgan fingerprint density at radius 1 is 0.914 bits per heavy atom. The lowest BCUT2D eigenvalue weighted by Gasteiger charge is -2.29. The Labute approximate surface area is 204 Å². The van der Waals surface area contributed by atoms with Gasteiger partial charge in [0.25, 0.3) is 0 Å². The Morgan fingerprint density at radius 3 is 2.29 bits per heavy atom. The summed E-state index contributed by atoms with van der Waals surface area (Å²) in [5, 5.41) is 19.5. The second kappa shape index (κ2) is 11.3. The summed E-state index contributed by atoms with van der Waals surface area (Å²) >= 11 is 0. The van der Waals surface area contributed by atoms with E-state index in [0.717, 1.165) is 43.2 Å². The monoisotopic (exact) mass is 484 g/mol. The summed E-state index contributed by atoms with van der Waals surface area (Å²) in [6, 6.07) is 14.5. The molecule has 0 radical (unpaired) electrons. The molecule has 2 N–H and O–H groups in total. The molecule has 0 bridgehead atoms. The van der Waals surface area contributed by atoms with E-state index >= 15 is 0 Å². The third-order valence-corrected chi connectivity index (χ3v) is 6.92. The molecule has 0 spiro atoms. The number of phenolic OH excluding ortho intramolecular Hbond substituents is 1. The van der Waals surface area contributed by atoms with Gasteiger partial charge >= 0.3 is 0 Å². The van der Waals surface area contributed by atoms with Crippen molar-refractivity contribution in [1.82, 2.24) is 0 Å². The summed E-state index contributed by atoms with van der Waals surface area (Å²) in [5.74, 6) is -2.61. The van der Waals surface area contributed by atoms with E-state index in [1.165, 1.54) is 12.1 Å². The summed E-state index contributed by atoms with van der Waals surface area (Å²) in [6.07, 6.45) is 3.95. The minimum Gasteiger partial charge on any atom is -0.505 e. The van der Waals surface area contributed by atoms with Crippen LogP contribution in [0.1, 0.15) is 74.2 Å². The molecule has 1 atom stereocenters. The van der Waals surface area contributed by atoms with Crippen molar-refractivity contribution < 1.29 is 28.1 Å². The zero-order chi connectivity index (χ0) is 24.9. The molecule has 1 aliphatic carbocycles. The van der Waals surface area contributed by atoms with Crippen LogP contribution in [0.15, 0.2) is 54.6 Å². The normalized spacial score (nSPS) is 19.0. The minimum absolute atomic E-state index is 0.0195. The molecule has 1 saturated carbocycles. The molecule has 3 nitrogen and oxygen atoms in total. The van der Waals surface area contributed by atoms with Crippen LogP contribution in [0.4, 0.5) is 13.2 Å². The van der Waals surface area contributed by atoms with Crippen LogP contribution in [-0.4, -0.2) is 16.3 Å². The van der Waals surface area contributed by atoms with E-state index in [4.69, 9.17) is 4.74 Å². The summed E-state index contributed by atoms with van der Waals surface area (Å²) in [7, 11) is 0. The molecule has 186 valence electrons. The van der Waals surface area contributed by atoms with Gasteiger partial charge in [-0.3, -0.25) is 0 Å². The lowest BCUT2D eigenvalue weighted by atomic mass is 9.82. The molecule has 1 fully saturated rings. The second-order valence-electron chi connectivity index (χ2n) is 9.32. The number of phenols is 1. The first-order chi connectivity index (χ1) is 16.9. The number of halogens is 3. The fourth-order valence-corrected chi connectivity index (χ4v) is 4.80. The van der Waals surface area contributed by atoms with Crippen LogP contribution < -0.4 is 0 Å². The van der Waals surface area contributed by atoms with Gasteiger partial charge in [0, 0.05) is 11.1 Å². The maximum absolute atomic E-state index is 14.9. The molecule has 0 heterocycles. The minimum atomic E-state index is -0.911. The summed E-state index contributed by atoms with van der Waals surface area (Å²) in [6.45, 7) is 1.97. The van der Waals surface area contributed by atoms with E-state index in [9.17, 15) is 23.4 Å². The summed E-state index contributed by atoms with van der Waals surface area (Å²) in [4.78, 5) is 0. The van der Waals surface area contributed by atoms with Crippen molar-refractivity contribution in [3.63, 3.8) is 0 Å². The topological polar surface area (TPSA) is 49.7 Å². The molecule has 0 saturated heterocycles. The van der Waals surface area contributed by atoms with Crippen molar-refractivity contribution in [3.8, 4) is 16.9 Å². The van der Waals surface area contributed by atoms with Crippen LogP contribution in [-0.2, 0) is 11.3 Å². The molecular weight excluding hydrogens is 453 g/mol. The standard InChI is InChI=1S/C29H31F3O3/c1-2-3-26(33)20-6-4-19(5-7-20)24-14-10-22(28(31)29(24)32)17-35-23-12-8-18(9-13-23)21-11-15-27(34)25(30)16-21/h4-7,10-11,14-16,18,23,26,33-34H,2-3,8-9,12-13,17H2,1H3. The summed E-state index contributed by atoms with van der Waals surface area (Å²) < 4.78 is 49.2. The molecular formula is C29H31F3O3. The van der Waals surface area contributed by atoms with Gasteiger partial charge in [-0.25, -0.2) is 13.2 Å². The van der Waals surface area contributed by atoms with Gasteiger partial charge < -0.3 is 14.9 Å². The Bertz CT molecular complexity index is 1140. The molecule has 0 aliphatic heterocycles. The SMILES string of the molecule is CCCC(O)c1ccc(-c2ccc(COC3CCC(c4ccc(O)c(F)c4)CC3)c(F)c2F)cc1. The predicted octanol–water partition coefficient (Wildman–Crippen LogP) is 7.55. The third-order valence-electron chi connectivity index (χ3n) is 6.92. The zero-order valence-corrected chi connectivity index (χ0v) is 19.8. The highest BCUT2D eigenvalue weighted by Gasteiger charge is 2.24. The highest BCUT2D eigenvalue weighted by atomic mass is 19.2. The van der Waals surface area contributed by atoms with E-state index in [-0.39, 0.29) is 35.5 Å². The van der Waals surface area contributed by atoms with Crippen molar-refractivity contribution in [2.45, 2.75) is 70.2 Å². The second-order valence-corrected chi connectivity index (χ2v) is 9.32. The number of benzene rings is 3. The van der Waals surface area contributed by atoms with E-state index in [0.29, 0.717) is 12.0 Å². The molecule has 3 aromatic carbocycles. The number of aromatic hydroxyl groups is 1. The molecule has 6 heteroatoms. The van der Waals surface area contributed by atoms with Crippen molar-refractivity contribution in [2.24, 2.45) is 0 Å². The van der Waals surface area contributed by atoms with Gasteiger partial charge in [0.15, 0.2) is 23.2 Å². The van der Waals surface area contributed by atoms with Crippen molar-refractivity contribution in [1.29, 1.82) is 0 Å². The van der Waals surface area contributed by atoms with E-state index in [2.05, 4.69) is 0 Å². The Kier molecular flexibility index (Phi) is 8.14. The number of aliphatic hydroxyl groups excluding tert-OH is 1. The number of ether oxygens (including phenoxy) is 1. The molecule has 1 aliphatic rings. The van der Waals surface area contributed by atoms with E-state index < -0.39 is 23.6 Å². The Morgan fingerprint density at radius 2 is 1.63 bits per heavy atom. The lowest BCUT2D eigenvalue weighted by Crippen LogP contribution is -2.21. The van der Waals surface area contributed by atoms with Crippen molar-refractivity contribution in [2.75, 3.05) is 0 Å². The molecule has 0 aromatic heterocycles. The maximum atomic E-state index is 14.9. The third kappa shape index (κ3) is 5.88. The van der Waals surface area contributed by atoms with Gasteiger partial charge in [-0.05, 0) is 66.8 Å². The molecule has 1 unspecified atom stereocenters. The molecule has 3 aromatic rings. The summed E-state index contributed by atoms with van der Waals surface area (Å²) in [5.41, 5.74) is 2.50. The van der Waals surface area contributed by atoms with Gasteiger partial charge in [0.2, 0.25) is 0 Å². The molecule has 35 heavy (non-hydrogen) atoms. The van der Waals surface area contributed by atoms with Crippen LogP contribution >= 0.6 is 0 Å². The number of hydrogen-bond acceptors (Lipinski definition) is 3. The largest absolute Gasteiger partial charge is 0.505 e. The van der Waals surface area contributed by atoms with Gasteiger partial charge in [-0.15, -0.1) is 0 Å². The Hall–Kier alpha value is -2.83. The first kappa shape index (κ1) is 25.3. The van der Waals surface area contributed by atoms with Crippen LogP contribution in [0.2, 0.25) is 0 Å². The smallest absolute Gasteiger partial charge is 0.167 e. The van der Waals surface area contributed by atoms with Gasteiger partial charge in [-0.2, -0.15) is 0 Å². The van der Waals surface area contributed by atoms with Crippen LogP contribution in [0.5, 0.6) is 5.75 Å². The number of hydrogen-bond donors (Lipinski definition) is 2. The van der Waals surface area contributed by atoms with E-state index in [1.54, 1.807) is 42.5 Å². The van der Waals surface area contributed by atoms with Gasteiger partial charge in [0.05, 0.1) is 18.8 Å². The quantitative estimate of drug-likeness (QED) is 0.347. The maximum Gasteiger partial charge on any atom is 0.167 e. The molecule has 0 amide bonds. The average Bonchev–Trinajstić information content (AvgIpc) is 2.87. The van der Waals surface area contributed by atoms with Crippen LogP contribution in [0.3, 0.4) is 0 Å². The first-order valence-electron chi connectivity index (χ1n) is 12.2. The average molecular weight is 485 g/mol. The fourth-order valence-electron chi connectivity index (χ4n) is 4.80.